The van der Waals surface area contributed by atoms with Gasteiger partial charge >= 0.3 is 23.9 Å². The molecule has 0 aliphatic carbocycles. The van der Waals surface area contributed by atoms with Gasteiger partial charge in [0.05, 0.1) is 12.8 Å². The van der Waals surface area contributed by atoms with Crippen molar-refractivity contribution in [3.63, 3.8) is 0 Å². The Labute approximate surface area is 115 Å². The molecular formula is C12H16O8. The number of rotatable bonds is 7. The van der Waals surface area contributed by atoms with Crippen LogP contribution in [-0.4, -0.2) is 45.8 Å². The summed E-state index contributed by atoms with van der Waals surface area (Å²) in [6.45, 7) is 7.75. The Bertz CT molecular complexity index is 421. The molecule has 0 aromatic heterocycles. The molecule has 3 N–H and O–H groups in total. The molecule has 0 atom stereocenters. The molecule has 0 aliphatic heterocycles. The van der Waals surface area contributed by atoms with Crippen molar-refractivity contribution >= 4 is 23.9 Å². The van der Waals surface area contributed by atoms with E-state index in [-0.39, 0.29) is 24.2 Å². The van der Waals surface area contributed by atoms with Crippen LogP contribution in [-0.2, 0) is 23.9 Å². The molecular weight excluding hydrogens is 272 g/mol. The van der Waals surface area contributed by atoms with Crippen LogP contribution in [0.2, 0.25) is 0 Å². The molecule has 0 radical (unpaired) electrons. The summed E-state index contributed by atoms with van der Waals surface area (Å²) < 4.78 is 4.49. The number of aliphatic carboxylic acids is 3. The Hall–Kier alpha value is -2.64. The van der Waals surface area contributed by atoms with Gasteiger partial charge in [0.1, 0.15) is 6.61 Å². The van der Waals surface area contributed by atoms with Gasteiger partial charge in [0.2, 0.25) is 0 Å². The molecule has 0 spiro atoms. The third kappa shape index (κ3) is 13.4. The summed E-state index contributed by atoms with van der Waals surface area (Å²) in [5.41, 5.74) is -0.0297. The predicted molar refractivity (Wildman–Crippen MR) is 67.1 cm³/mol. The highest BCUT2D eigenvalue weighted by atomic mass is 16.5. The first-order valence-corrected chi connectivity index (χ1v) is 5.25. The second-order valence-electron chi connectivity index (χ2n) is 3.54. The number of carboxylic acids is 3. The summed E-state index contributed by atoms with van der Waals surface area (Å²) in [5, 5.41) is 24.2. The van der Waals surface area contributed by atoms with Gasteiger partial charge in [-0.1, -0.05) is 13.2 Å². The molecule has 0 rings (SSSR count). The van der Waals surface area contributed by atoms with Crippen molar-refractivity contribution < 1.29 is 39.2 Å². The molecule has 0 unspecified atom stereocenters. The second kappa shape index (κ2) is 10.3. The molecule has 0 aromatic carbocycles. The van der Waals surface area contributed by atoms with Gasteiger partial charge in [0.15, 0.2) is 0 Å². The lowest BCUT2D eigenvalue weighted by molar-refractivity contribution is -0.143. The largest absolute Gasteiger partial charge is 0.481 e. The number of carboxylic acid groups (broad SMARTS) is 3. The van der Waals surface area contributed by atoms with Gasteiger partial charge < -0.3 is 20.1 Å². The van der Waals surface area contributed by atoms with Crippen LogP contribution in [0, 0.1) is 0 Å². The summed E-state index contributed by atoms with van der Waals surface area (Å²) >= 11 is 0. The molecule has 0 saturated heterocycles. The fourth-order valence-corrected chi connectivity index (χ4v) is 0.612. The van der Waals surface area contributed by atoms with Crippen molar-refractivity contribution in [2.45, 2.75) is 19.8 Å². The first kappa shape index (κ1) is 19.7. The fraction of sp³-hybridized carbons (Fsp3) is 0.333. The van der Waals surface area contributed by atoms with E-state index in [4.69, 9.17) is 15.3 Å². The van der Waals surface area contributed by atoms with E-state index in [1.807, 2.05) is 0 Å². The Morgan fingerprint density at radius 3 is 1.75 bits per heavy atom. The van der Waals surface area contributed by atoms with E-state index in [0.717, 1.165) is 0 Å². The van der Waals surface area contributed by atoms with Crippen molar-refractivity contribution in [2.24, 2.45) is 0 Å². The monoisotopic (exact) mass is 288 g/mol. The van der Waals surface area contributed by atoms with E-state index in [2.05, 4.69) is 17.9 Å². The smallest absolute Gasteiger partial charge is 0.333 e. The summed E-state index contributed by atoms with van der Waals surface area (Å²) in [5.74, 6) is -3.98. The van der Waals surface area contributed by atoms with E-state index in [0.29, 0.717) is 0 Å². The van der Waals surface area contributed by atoms with Crippen LogP contribution in [0.1, 0.15) is 19.8 Å². The zero-order chi connectivity index (χ0) is 16.3. The van der Waals surface area contributed by atoms with E-state index in [1.54, 1.807) is 0 Å². The van der Waals surface area contributed by atoms with Crippen molar-refractivity contribution in [1.82, 2.24) is 0 Å². The van der Waals surface area contributed by atoms with Crippen LogP contribution < -0.4 is 0 Å². The van der Waals surface area contributed by atoms with Crippen molar-refractivity contribution in [3.05, 3.63) is 24.3 Å². The SMILES string of the molecule is C=C(C)C(=O)OCCC(=O)O.C=C(CC(=O)O)C(=O)O. The van der Waals surface area contributed by atoms with Crippen molar-refractivity contribution in [2.75, 3.05) is 6.61 Å². The third-order valence-corrected chi connectivity index (χ3v) is 1.56. The van der Waals surface area contributed by atoms with E-state index in [9.17, 15) is 19.2 Å². The van der Waals surface area contributed by atoms with Gasteiger partial charge in [-0.3, -0.25) is 9.59 Å². The van der Waals surface area contributed by atoms with Crippen LogP contribution >= 0.6 is 0 Å². The third-order valence-electron chi connectivity index (χ3n) is 1.56. The minimum absolute atomic E-state index is 0.0962. The van der Waals surface area contributed by atoms with E-state index in [1.165, 1.54) is 6.92 Å². The molecule has 0 heterocycles. The number of esters is 1. The fourth-order valence-electron chi connectivity index (χ4n) is 0.612. The van der Waals surface area contributed by atoms with Crippen LogP contribution in [0.3, 0.4) is 0 Å². The molecule has 0 aromatic rings. The van der Waals surface area contributed by atoms with Crippen LogP contribution in [0.15, 0.2) is 24.3 Å². The molecule has 0 fully saturated rings. The van der Waals surface area contributed by atoms with Gasteiger partial charge in [-0.15, -0.1) is 0 Å². The first-order chi connectivity index (χ1) is 9.07. The zero-order valence-corrected chi connectivity index (χ0v) is 10.9. The Morgan fingerprint density at radius 1 is 1.00 bits per heavy atom. The summed E-state index contributed by atoms with van der Waals surface area (Å²) in [6.07, 6.45) is -0.672. The number of carbonyl (C=O) groups is 4. The van der Waals surface area contributed by atoms with E-state index < -0.39 is 30.3 Å². The number of hydrogen-bond donors (Lipinski definition) is 3. The first-order valence-electron chi connectivity index (χ1n) is 5.25. The predicted octanol–water partition coefficient (Wildman–Crippen LogP) is 0.682. The normalized spacial score (nSPS) is 8.65. The summed E-state index contributed by atoms with van der Waals surface area (Å²) in [7, 11) is 0. The quantitative estimate of drug-likeness (QED) is 0.459. The van der Waals surface area contributed by atoms with Gasteiger partial charge in [0.25, 0.3) is 0 Å². The highest BCUT2D eigenvalue weighted by molar-refractivity contribution is 5.91. The lowest BCUT2D eigenvalue weighted by Gasteiger charge is -2.00. The average Bonchev–Trinajstić information content (AvgIpc) is 2.27. The van der Waals surface area contributed by atoms with Crippen LogP contribution in [0.4, 0.5) is 0 Å². The number of hydrogen-bond acceptors (Lipinski definition) is 5. The maximum absolute atomic E-state index is 10.6. The molecule has 8 nitrogen and oxygen atoms in total. The Kier molecular flexibility index (Phi) is 10.1. The minimum Gasteiger partial charge on any atom is -0.481 e. The van der Waals surface area contributed by atoms with Crippen molar-refractivity contribution in [3.8, 4) is 0 Å². The van der Waals surface area contributed by atoms with Crippen LogP contribution in [0.25, 0.3) is 0 Å². The lowest BCUT2D eigenvalue weighted by atomic mass is 10.2. The minimum atomic E-state index is -1.27. The zero-order valence-electron chi connectivity index (χ0n) is 10.9. The van der Waals surface area contributed by atoms with Gasteiger partial charge in [-0.25, -0.2) is 9.59 Å². The van der Waals surface area contributed by atoms with Gasteiger partial charge in [0, 0.05) is 11.1 Å². The molecule has 0 bridgehead atoms. The second-order valence-corrected chi connectivity index (χ2v) is 3.54. The molecule has 20 heavy (non-hydrogen) atoms. The molecule has 0 saturated carbocycles. The Morgan fingerprint density at radius 2 is 1.50 bits per heavy atom. The standard InChI is InChI=1S/C7H10O4.C5H6O4/c1-5(2)7(10)11-4-3-6(8)9;1-3(5(8)9)2-4(6)7/h1,3-4H2,2H3,(H,8,9);1-2H2,(H,6,7)(H,8,9). The summed E-state index contributed by atoms with van der Waals surface area (Å²) in [4.78, 5) is 40.2. The number of ether oxygens (including phenoxy) is 1. The molecule has 0 aliphatic rings. The highest BCUT2D eigenvalue weighted by Crippen LogP contribution is 1.95. The molecule has 0 amide bonds. The topological polar surface area (TPSA) is 138 Å². The summed E-state index contributed by atoms with van der Waals surface area (Å²) in [6, 6.07) is 0. The highest BCUT2D eigenvalue weighted by Gasteiger charge is 2.07. The maximum atomic E-state index is 10.6. The van der Waals surface area contributed by atoms with Gasteiger partial charge in [-0.2, -0.15) is 0 Å². The number of carbonyl (C=O) groups excluding carboxylic acids is 1. The molecule has 8 heteroatoms. The molecule has 112 valence electrons. The van der Waals surface area contributed by atoms with Gasteiger partial charge in [-0.05, 0) is 6.92 Å². The van der Waals surface area contributed by atoms with Crippen LogP contribution in [0.5, 0.6) is 0 Å². The van der Waals surface area contributed by atoms with E-state index >= 15 is 0 Å². The average molecular weight is 288 g/mol. The lowest BCUT2D eigenvalue weighted by Crippen LogP contribution is -2.09. The Balaban J connectivity index is 0. The van der Waals surface area contributed by atoms with Crippen molar-refractivity contribution in [1.29, 1.82) is 0 Å². The maximum Gasteiger partial charge on any atom is 0.333 e.